The van der Waals surface area contributed by atoms with Crippen LogP contribution >= 0.6 is 0 Å². The molecule has 0 N–H and O–H groups in total. The van der Waals surface area contributed by atoms with Gasteiger partial charge < -0.3 is 23.8 Å². The number of nitro groups is 1. The Hall–Kier alpha value is -7.76. The summed E-state index contributed by atoms with van der Waals surface area (Å²) in [5, 5.41) is 45.5. The zero-order valence-electron chi connectivity index (χ0n) is 45.4. The van der Waals surface area contributed by atoms with Gasteiger partial charge in [-0.05, 0) is 132 Å². The molecule has 1 atom stereocenters. The minimum absolute atomic E-state index is 0.0154. The van der Waals surface area contributed by atoms with E-state index in [2.05, 4.69) is 52.7 Å². The quantitative estimate of drug-likeness (QED) is 0.0131. The van der Waals surface area contributed by atoms with Crippen LogP contribution in [0.2, 0.25) is 0 Å². The highest BCUT2D eigenvalue weighted by Crippen LogP contribution is 2.42. The molecule has 0 aromatic heterocycles. The number of hydrogen-bond acceptors (Lipinski definition) is 17. The minimum Gasteiger partial charge on any atom is -0.494 e. The van der Waals surface area contributed by atoms with Crippen molar-refractivity contribution < 1.29 is 33.5 Å². The predicted molar refractivity (Wildman–Crippen MR) is 297 cm³/mol. The molecule has 0 heterocycles. The van der Waals surface area contributed by atoms with Gasteiger partial charge in [0.2, 0.25) is 0 Å². The van der Waals surface area contributed by atoms with E-state index in [9.17, 15) is 19.7 Å². The summed E-state index contributed by atoms with van der Waals surface area (Å²) in [4.78, 5) is 39.2. The first-order valence-corrected chi connectivity index (χ1v) is 26.3. The third-order valence-electron chi connectivity index (χ3n) is 12.9. The van der Waals surface area contributed by atoms with Gasteiger partial charge in [0.1, 0.15) is 29.5 Å². The third-order valence-corrected chi connectivity index (χ3v) is 12.9. The van der Waals surface area contributed by atoms with Crippen LogP contribution < -0.4 is 14.4 Å². The number of hydrogen-bond donors (Lipinski definition) is 0. The van der Waals surface area contributed by atoms with E-state index in [0.29, 0.717) is 89.5 Å². The number of ether oxygens (including phenoxy) is 4. The Labute approximate surface area is 447 Å². The summed E-state index contributed by atoms with van der Waals surface area (Å²) in [7, 11) is 3.06. The van der Waals surface area contributed by atoms with Gasteiger partial charge in [-0.25, -0.2) is 0 Å². The molecule has 404 valence electrons. The number of nitrogens with zero attached hydrogens (tertiary/aromatic N) is 10. The topological polar surface area (TPSA) is 216 Å². The summed E-state index contributed by atoms with van der Waals surface area (Å²) in [5.74, 6) is 0.236. The predicted octanol–water partition coefficient (Wildman–Crippen LogP) is 17.9. The molecular weight excluding hydrogens is 965 g/mol. The molecule has 0 bridgehead atoms. The van der Waals surface area contributed by atoms with E-state index in [4.69, 9.17) is 18.9 Å². The van der Waals surface area contributed by atoms with Crippen molar-refractivity contribution >= 4 is 68.8 Å². The number of benzene rings is 5. The lowest BCUT2D eigenvalue weighted by molar-refractivity contribution is -0.384. The van der Waals surface area contributed by atoms with Gasteiger partial charge in [-0.15, -0.1) is 10.2 Å². The van der Waals surface area contributed by atoms with E-state index in [0.717, 1.165) is 24.9 Å². The SMILES string of the molecule is CCCCCCCCCCCCOC(=O)C(C)(CC)CC(C)(C)C(=O)OCCN(CC)c1ccc(N=Nc2cc(OC)c(N=Nc3ccc(N=Nc4ccc(N=Nc5ccc([N+](=O)[O-])cc5)cc4)cc3)cc2OC)cc1. The molecule has 5 aromatic rings. The zero-order valence-corrected chi connectivity index (χ0v) is 45.4. The summed E-state index contributed by atoms with van der Waals surface area (Å²) < 4.78 is 22.9. The first-order chi connectivity index (χ1) is 36.7. The highest BCUT2D eigenvalue weighted by atomic mass is 16.6. The summed E-state index contributed by atoms with van der Waals surface area (Å²) in [5.41, 5.74) is 3.55. The fourth-order valence-corrected chi connectivity index (χ4v) is 8.25. The van der Waals surface area contributed by atoms with E-state index in [1.165, 1.54) is 83.4 Å². The van der Waals surface area contributed by atoms with Gasteiger partial charge >= 0.3 is 11.9 Å². The van der Waals surface area contributed by atoms with Gasteiger partial charge in [-0.2, -0.15) is 30.7 Å². The number of non-ortho nitro benzene ring substituents is 1. The number of carbonyl (C=O) groups is 2. The van der Waals surface area contributed by atoms with Crippen LogP contribution in [0.4, 0.5) is 56.9 Å². The lowest BCUT2D eigenvalue weighted by Gasteiger charge is -2.34. The van der Waals surface area contributed by atoms with Crippen molar-refractivity contribution in [2.75, 3.05) is 45.4 Å². The Morgan fingerprint density at radius 2 is 0.908 bits per heavy atom. The van der Waals surface area contributed by atoms with Crippen molar-refractivity contribution in [2.45, 2.75) is 119 Å². The van der Waals surface area contributed by atoms with Gasteiger partial charge in [-0.3, -0.25) is 19.7 Å². The summed E-state index contributed by atoms with van der Waals surface area (Å²) in [6, 6.07) is 30.8. The number of esters is 2. The fourth-order valence-electron chi connectivity index (χ4n) is 8.25. The van der Waals surface area contributed by atoms with Crippen LogP contribution in [0.25, 0.3) is 0 Å². The van der Waals surface area contributed by atoms with Crippen molar-refractivity contribution in [2.24, 2.45) is 51.7 Å². The first-order valence-electron chi connectivity index (χ1n) is 26.3. The van der Waals surface area contributed by atoms with E-state index in [1.54, 1.807) is 60.7 Å². The second-order valence-electron chi connectivity index (χ2n) is 19.3. The number of unbranched alkanes of at least 4 members (excludes halogenated alkanes) is 9. The van der Waals surface area contributed by atoms with Gasteiger partial charge in [0.15, 0.2) is 0 Å². The molecule has 0 spiro atoms. The standard InChI is InChI=1S/C58H74N10O8/c1-9-12-13-14-15-16-17-18-19-20-38-75-56(70)58(6,10-2)42-57(4,5)55(69)76-39-37-67(11-3)49-33-29-48(30-34-49)64-66-52-41-53(73-7)51(40-54(52)74-8)65-63-46-27-25-45(26-28-46)60-59-43-21-23-44(24-22-43)61-62-47-31-35-50(36-32-47)68(71)72/h21-36,40-41H,9-20,37-39,42H2,1-8H3. The highest BCUT2D eigenvalue weighted by molar-refractivity contribution is 5.80. The zero-order chi connectivity index (χ0) is 54.8. The van der Waals surface area contributed by atoms with Crippen LogP contribution in [0, 0.1) is 20.9 Å². The number of nitro benzene ring substituents is 1. The second kappa shape index (κ2) is 30.6. The van der Waals surface area contributed by atoms with Crippen LogP contribution in [-0.4, -0.2) is 57.4 Å². The number of azo groups is 4. The molecule has 0 amide bonds. The Morgan fingerprint density at radius 3 is 1.30 bits per heavy atom. The molecule has 18 nitrogen and oxygen atoms in total. The summed E-state index contributed by atoms with van der Waals surface area (Å²) >= 11 is 0. The van der Waals surface area contributed by atoms with Crippen LogP contribution in [-0.2, 0) is 19.1 Å². The molecule has 18 heteroatoms. The maximum Gasteiger partial charge on any atom is 0.311 e. The van der Waals surface area contributed by atoms with Crippen LogP contribution in [0.1, 0.15) is 119 Å². The molecule has 0 saturated heterocycles. The number of likely N-dealkylation sites (N-methyl/N-ethyl adjacent to an activating group) is 1. The Kier molecular flexibility index (Phi) is 23.8. The van der Waals surface area contributed by atoms with Gasteiger partial charge in [-0.1, -0.05) is 71.6 Å². The fraction of sp³-hybridized carbons (Fsp3) is 0.448. The summed E-state index contributed by atoms with van der Waals surface area (Å²) in [6.45, 7) is 13.6. The van der Waals surface area contributed by atoms with Crippen LogP contribution in [0.5, 0.6) is 11.5 Å². The Balaban J connectivity index is 1.08. The molecule has 0 aliphatic heterocycles. The lowest BCUT2D eigenvalue weighted by Crippen LogP contribution is -2.39. The monoisotopic (exact) mass is 1040 g/mol. The average molecular weight is 1040 g/mol. The normalized spacial score (nSPS) is 12.6. The molecule has 5 aromatic carbocycles. The molecule has 76 heavy (non-hydrogen) atoms. The van der Waals surface area contributed by atoms with E-state index >= 15 is 0 Å². The minimum atomic E-state index is -0.886. The van der Waals surface area contributed by atoms with Crippen molar-refractivity contribution in [3.63, 3.8) is 0 Å². The van der Waals surface area contributed by atoms with Gasteiger partial charge in [0.05, 0.1) is 77.2 Å². The van der Waals surface area contributed by atoms with Crippen molar-refractivity contribution in [1.82, 2.24) is 0 Å². The largest absolute Gasteiger partial charge is 0.494 e. The molecule has 0 fully saturated rings. The molecule has 0 aliphatic carbocycles. The van der Waals surface area contributed by atoms with Crippen LogP contribution in [0.3, 0.4) is 0 Å². The lowest BCUT2D eigenvalue weighted by atomic mass is 9.72. The Morgan fingerprint density at radius 1 is 0.526 bits per heavy atom. The number of anilines is 1. The molecule has 0 aliphatic rings. The van der Waals surface area contributed by atoms with E-state index in [-0.39, 0.29) is 24.2 Å². The average Bonchev–Trinajstić information content (AvgIpc) is 3.43. The maximum absolute atomic E-state index is 13.4. The van der Waals surface area contributed by atoms with Crippen molar-refractivity contribution in [3.8, 4) is 11.5 Å². The first kappa shape index (κ1) is 59.1. The van der Waals surface area contributed by atoms with E-state index in [1.807, 2.05) is 58.9 Å². The van der Waals surface area contributed by atoms with Crippen molar-refractivity contribution in [3.05, 3.63) is 119 Å². The van der Waals surface area contributed by atoms with E-state index < -0.39 is 15.8 Å². The number of rotatable bonds is 32. The third kappa shape index (κ3) is 18.9. The number of carbonyl (C=O) groups excluding carboxylic acids is 2. The van der Waals surface area contributed by atoms with Gasteiger partial charge in [0.25, 0.3) is 5.69 Å². The molecule has 0 saturated carbocycles. The molecular formula is C58H74N10O8. The van der Waals surface area contributed by atoms with Crippen LogP contribution in [0.15, 0.2) is 150 Å². The van der Waals surface area contributed by atoms with Crippen molar-refractivity contribution in [1.29, 1.82) is 0 Å². The summed E-state index contributed by atoms with van der Waals surface area (Å²) in [6.07, 6.45) is 13.0. The maximum atomic E-state index is 13.4. The Bertz CT molecular complexity index is 2730. The second-order valence-corrected chi connectivity index (χ2v) is 19.3. The smallest absolute Gasteiger partial charge is 0.311 e. The van der Waals surface area contributed by atoms with Gasteiger partial charge in [0, 0.05) is 36.5 Å². The molecule has 1 unspecified atom stereocenters. The number of methoxy groups -OCH3 is 2. The molecule has 5 rings (SSSR count). The molecule has 0 radical (unpaired) electrons. The highest BCUT2D eigenvalue weighted by Gasteiger charge is 2.43.